The Hall–Kier alpha value is -1.40. The molecule has 2 aromatic rings. The molecule has 1 N–H and O–H groups in total. The van der Waals surface area contributed by atoms with Crippen molar-refractivity contribution in [1.82, 2.24) is 9.97 Å². The van der Waals surface area contributed by atoms with Crippen LogP contribution in [0.25, 0.3) is 0 Å². The molecule has 1 heterocycles. The van der Waals surface area contributed by atoms with Gasteiger partial charge in [-0.25, -0.2) is 9.37 Å². The van der Waals surface area contributed by atoms with Gasteiger partial charge in [0.25, 0.3) is 0 Å². The molecule has 100 valence electrons. The molecule has 0 atom stereocenters. The zero-order chi connectivity index (χ0) is 13.8. The fraction of sp³-hybridized carbons (Fsp3) is 0.167. The predicted molar refractivity (Wildman–Crippen MR) is 75.4 cm³/mol. The Morgan fingerprint density at radius 2 is 2.26 bits per heavy atom. The summed E-state index contributed by atoms with van der Waals surface area (Å²) in [5.74, 6) is 0.686. The van der Waals surface area contributed by atoms with E-state index >= 15 is 0 Å². The molecule has 19 heavy (non-hydrogen) atoms. The molecule has 0 saturated carbocycles. The monoisotopic (exact) mass is 345 g/mol. The molecule has 0 spiro atoms. The Bertz CT molecular complexity index is 597. The summed E-state index contributed by atoms with van der Waals surface area (Å²) in [5, 5.41) is 3.23. The minimum atomic E-state index is -0.360. The van der Waals surface area contributed by atoms with Crippen LogP contribution in [0, 0.1) is 5.82 Å². The van der Waals surface area contributed by atoms with Gasteiger partial charge in [-0.05, 0) is 41.1 Å². The average Bonchev–Trinajstić information content (AvgIpc) is 2.37. The van der Waals surface area contributed by atoms with E-state index < -0.39 is 0 Å². The Morgan fingerprint density at radius 1 is 1.47 bits per heavy atom. The molecule has 4 nitrogen and oxygen atoms in total. The van der Waals surface area contributed by atoms with Gasteiger partial charge in [0, 0.05) is 6.54 Å². The third kappa shape index (κ3) is 3.54. The van der Waals surface area contributed by atoms with Crippen molar-refractivity contribution in [3.8, 4) is 11.6 Å². The van der Waals surface area contributed by atoms with Crippen LogP contribution in [0.3, 0.4) is 0 Å². The van der Waals surface area contributed by atoms with Gasteiger partial charge < -0.3 is 10.1 Å². The fourth-order valence-corrected chi connectivity index (χ4v) is 1.89. The number of nitrogens with zero attached hydrogens (tertiary/aromatic N) is 2. The van der Waals surface area contributed by atoms with Gasteiger partial charge in [0.15, 0.2) is 0 Å². The van der Waals surface area contributed by atoms with Gasteiger partial charge >= 0.3 is 0 Å². The van der Waals surface area contributed by atoms with Crippen molar-refractivity contribution in [1.29, 1.82) is 0 Å². The fourth-order valence-electron chi connectivity index (χ4n) is 1.33. The largest absolute Gasteiger partial charge is 0.436 e. The molecule has 1 aromatic carbocycles. The lowest BCUT2D eigenvalue weighted by molar-refractivity contribution is 0.458. The first kappa shape index (κ1) is 14.0. The van der Waals surface area contributed by atoms with Crippen LogP contribution < -0.4 is 10.1 Å². The van der Waals surface area contributed by atoms with Crippen LogP contribution in [0.15, 0.2) is 28.9 Å². The molecule has 0 aliphatic rings. The first-order valence-corrected chi connectivity index (χ1v) is 6.66. The van der Waals surface area contributed by atoms with Crippen LogP contribution in [0.4, 0.5) is 10.3 Å². The number of aromatic nitrogens is 2. The van der Waals surface area contributed by atoms with Gasteiger partial charge in [0.05, 0.1) is 10.7 Å². The predicted octanol–water partition coefficient (Wildman–Crippen LogP) is 4.26. The highest BCUT2D eigenvalue weighted by atomic mass is 79.9. The van der Waals surface area contributed by atoms with Crippen molar-refractivity contribution in [3.05, 3.63) is 39.7 Å². The Morgan fingerprint density at radius 3 is 2.95 bits per heavy atom. The molecule has 2 rings (SSSR count). The molecule has 0 bridgehead atoms. The van der Waals surface area contributed by atoms with Gasteiger partial charge in [-0.2, -0.15) is 4.98 Å². The van der Waals surface area contributed by atoms with Crippen LogP contribution in [0.2, 0.25) is 5.02 Å². The highest BCUT2D eigenvalue weighted by Crippen LogP contribution is 2.32. The molecule has 1 aromatic heterocycles. The Labute approximate surface area is 123 Å². The molecule has 0 aliphatic carbocycles. The van der Waals surface area contributed by atoms with Crippen molar-refractivity contribution in [3.63, 3.8) is 0 Å². The van der Waals surface area contributed by atoms with Gasteiger partial charge in [-0.1, -0.05) is 11.6 Å². The number of nitrogens with one attached hydrogen (secondary N) is 1. The van der Waals surface area contributed by atoms with E-state index in [9.17, 15) is 4.39 Å². The minimum absolute atomic E-state index is 0.208. The highest BCUT2D eigenvalue weighted by Gasteiger charge is 2.10. The maximum atomic E-state index is 13.0. The van der Waals surface area contributed by atoms with E-state index in [1.807, 2.05) is 6.92 Å². The molecule has 7 heteroatoms. The van der Waals surface area contributed by atoms with Crippen molar-refractivity contribution >= 4 is 33.5 Å². The van der Waals surface area contributed by atoms with Crippen molar-refractivity contribution < 1.29 is 9.13 Å². The van der Waals surface area contributed by atoms with Crippen molar-refractivity contribution in [2.75, 3.05) is 11.9 Å². The van der Waals surface area contributed by atoms with E-state index in [1.54, 1.807) is 0 Å². The summed E-state index contributed by atoms with van der Waals surface area (Å²) in [6.07, 6.45) is 1.44. The molecule has 0 fully saturated rings. The summed E-state index contributed by atoms with van der Waals surface area (Å²) >= 11 is 9.17. The number of benzene rings is 1. The first-order chi connectivity index (χ1) is 9.10. The second-order valence-corrected chi connectivity index (χ2v) is 4.82. The standard InChI is InChI=1S/C12H10BrClFN3O/c1-2-16-12-17-6-9(14)11(18-12)19-10-4-3-7(15)5-8(10)13/h3-6H,2H2,1H3,(H,16,17,18). The summed E-state index contributed by atoms with van der Waals surface area (Å²) in [7, 11) is 0. The van der Waals surface area contributed by atoms with E-state index in [4.69, 9.17) is 16.3 Å². The molecule has 0 amide bonds. The molecule has 0 saturated heterocycles. The average molecular weight is 347 g/mol. The SMILES string of the molecule is CCNc1ncc(Cl)c(Oc2ccc(F)cc2Br)n1. The van der Waals surface area contributed by atoms with Crippen LogP contribution in [-0.4, -0.2) is 16.5 Å². The zero-order valence-corrected chi connectivity index (χ0v) is 12.3. The normalized spacial score (nSPS) is 10.3. The van der Waals surface area contributed by atoms with Gasteiger partial charge in [0.1, 0.15) is 16.6 Å². The summed E-state index contributed by atoms with van der Waals surface area (Å²) in [6.45, 7) is 2.61. The van der Waals surface area contributed by atoms with E-state index in [0.717, 1.165) is 0 Å². The number of halogens is 3. The van der Waals surface area contributed by atoms with E-state index in [1.165, 1.54) is 24.4 Å². The molecule has 0 radical (unpaired) electrons. The van der Waals surface area contributed by atoms with E-state index in [-0.39, 0.29) is 16.7 Å². The first-order valence-electron chi connectivity index (χ1n) is 5.49. The van der Waals surface area contributed by atoms with Crippen molar-refractivity contribution in [2.45, 2.75) is 6.92 Å². The summed E-state index contributed by atoms with van der Waals surface area (Å²) < 4.78 is 19.0. The third-order valence-corrected chi connectivity index (χ3v) is 3.03. The molecule has 0 unspecified atom stereocenters. The molecular formula is C12H10BrClFN3O. The second-order valence-electron chi connectivity index (χ2n) is 3.55. The van der Waals surface area contributed by atoms with Crippen molar-refractivity contribution in [2.24, 2.45) is 0 Å². The third-order valence-electron chi connectivity index (χ3n) is 2.15. The second kappa shape index (κ2) is 6.16. The Balaban J connectivity index is 2.29. The minimum Gasteiger partial charge on any atom is -0.436 e. The summed E-state index contributed by atoms with van der Waals surface area (Å²) in [6, 6.07) is 4.08. The maximum absolute atomic E-state index is 13.0. The van der Waals surface area contributed by atoms with Crippen LogP contribution >= 0.6 is 27.5 Å². The highest BCUT2D eigenvalue weighted by molar-refractivity contribution is 9.10. The van der Waals surface area contributed by atoms with Crippen LogP contribution in [0.1, 0.15) is 6.92 Å². The van der Waals surface area contributed by atoms with Crippen LogP contribution in [-0.2, 0) is 0 Å². The Kier molecular flexibility index (Phi) is 4.55. The topological polar surface area (TPSA) is 47.0 Å². The van der Waals surface area contributed by atoms with Gasteiger partial charge in [0.2, 0.25) is 11.8 Å². The number of anilines is 1. The lowest BCUT2D eigenvalue weighted by atomic mass is 10.3. The quantitative estimate of drug-likeness (QED) is 0.899. The maximum Gasteiger partial charge on any atom is 0.243 e. The zero-order valence-electron chi connectivity index (χ0n) is 9.95. The lowest BCUT2D eigenvalue weighted by Gasteiger charge is -2.09. The lowest BCUT2D eigenvalue weighted by Crippen LogP contribution is -2.03. The number of ether oxygens (including phenoxy) is 1. The smallest absolute Gasteiger partial charge is 0.243 e. The van der Waals surface area contributed by atoms with E-state index in [0.29, 0.717) is 22.7 Å². The van der Waals surface area contributed by atoms with Crippen LogP contribution in [0.5, 0.6) is 11.6 Å². The molecule has 0 aliphatic heterocycles. The van der Waals surface area contributed by atoms with Gasteiger partial charge in [-0.3, -0.25) is 0 Å². The van der Waals surface area contributed by atoms with Gasteiger partial charge in [-0.15, -0.1) is 0 Å². The summed E-state index contributed by atoms with van der Waals surface area (Å²) in [5.41, 5.74) is 0. The number of hydrogen-bond donors (Lipinski definition) is 1. The molecular weight excluding hydrogens is 337 g/mol. The summed E-state index contributed by atoms with van der Waals surface area (Å²) in [4.78, 5) is 8.13. The van der Waals surface area contributed by atoms with E-state index in [2.05, 4.69) is 31.2 Å². The number of rotatable bonds is 4. The number of hydrogen-bond acceptors (Lipinski definition) is 4.